The van der Waals surface area contributed by atoms with E-state index >= 15 is 0 Å². The zero-order valence-corrected chi connectivity index (χ0v) is 8.76. The predicted octanol–water partition coefficient (Wildman–Crippen LogP) is 1.78. The van der Waals surface area contributed by atoms with E-state index in [-0.39, 0.29) is 6.42 Å². The van der Waals surface area contributed by atoms with Crippen molar-refractivity contribution in [3.63, 3.8) is 0 Å². The Labute approximate surface area is 91.0 Å². The van der Waals surface area contributed by atoms with Gasteiger partial charge in [0, 0.05) is 32.5 Å². The molecule has 98 valence electrons. The van der Waals surface area contributed by atoms with Crippen LogP contribution in [0.5, 0.6) is 0 Å². The summed E-state index contributed by atoms with van der Waals surface area (Å²) in [6.45, 7) is -1.89. The van der Waals surface area contributed by atoms with E-state index in [4.69, 9.17) is 10.2 Å². The first-order valence-corrected chi connectivity index (χ1v) is 4.94. The zero-order valence-electron chi connectivity index (χ0n) is 8.76. The van der Waals surface area contributed by atoms with Crippen LogP contribution >= 0.6 is 0 Å². The van der Waals surface area contributed by atoms with Crippen LogP contribution in [0.1, 0.15) is 25.7 Å². The molecule has 0 unspecified atom stereocenters. The first-order valence-electron chi connectivity index (χ1n) is 4.94. The average molecular weight is 248 g/mol. The topological polar surface area (TPSA) is 49.7 Å². The Morgan fingerprint density at radius 2 is 1.50 bits per heavy atom. The second-order valence-electron chi connectivity index (χ2n) is 3.39. The van der Waals surface area contributed by atoms with Crippen molar-refractivity contribution in [2.75, 3.05) is 19.8 Å². The summed E-state index contributed by atoms with van der Waals surface area (Å²) in [6, 6.07) is 0. The summed E-state index contributed by atoms with van der Waals surface area (Å²) >= 11 is 0. The highest BCUT2D eigenvalue weighted by atomic mass is 19.3. The van der Waals surface area contributed by atoms with E-state index in [1.165, 1.54) is 0 Å². The van der Waals surface area contributed by atoms with Crippen molar-refractivity contribution in [1.82, 2.24) is 0 Å². The molecule has 0 heterocycles. The summed E-state index contributed by atoms with van der Waals surface area (Å²) in [5.74, 6) is -3.19. The molecular formula is C9H16F4O3. The molecule has 0 amide bonds. The van der Waals surface area contributed by atoms with Gasteiger partial charge in [-0.05, 0) is 6.42 Å². The summed E-state index contributed by atoms with van der Waals surface area (Å²) in [6.07, 6.45) is -5.96. The van der Waals surface area contributed by atoms with E-state index in [2.05, 4.69) is 4.74 Å². The van der Waals surface area contributed by atoms with Crippen LogP contribution < -0.4 is 0 Å². The zero-order chi connectivity index (χ0) is 12.7. The van der Waals surface area contributed by atoms with Gasteiger partial charge in [-0.25, -0.2) is 8.78 Å². The van der Waals surface area contributed by atoms with Crippen LogP contribution in [0.2, 0.25) is 0 Å². The van der Waals surface area contributed by atoms with E-state index in [0.29, 0.717) is 0 Å². The quantitative estimate of drug-likeness (QED) is 0.611. The SMILES string of the molecule is OCCCC(F)(F)OCCC(F)(F)CCO. The summed E-state index contributed by atoms with van der Waals surface area (Å²) in [4.78, 5) is 0. The van der Waals surface area contributed by atoms with Gasteiger partial charge in [-0.2, -0.15) is 8.78 Å². The summed E-state index contributed by atoms with van der Waals surface area (Å²) in [7, 11) is 0. The lowest BCUT2D eigenvalue weighted by Gasteiger charge is -2.19. The van der Waals surface area contributed by atoms with Crippen molar-refractivity contribution in [1.29, 1.82) is 0 Å². The smallest absolute Gasteiger partial charge is 0.355 e. The molecule has 0 spiro atoms. The second kappa shape index (κ2) is 7.03. The van der Waals surface area contributed by atoms with Gasteiger partial charge >= 0.3 is 6.11 Å². The highest BCUT2D eigenvalue weighted by Crippen LogP contribution is 2.26. The summed E-state index contributed by atoms with van der Waals surface area (Å²) in [5.41, 5.74) is 0. The third-order valence-corrected chi connectivity index (χ3v) is 1.88. The van der Waals surface area contributed by atoms with E-state index in [1.807, 2.05) is 0 Å². The Morgan fingerprint density at radius 3 is 2.00 bits per heavy atom. The first kappa shape index (κ1) is 15.6. The molecule has 3 nitrogen and oxygen atoms in total. The lowest BCUT2D eigenvalue weighted by atomic mass is 10.2. The molecule has 7 heteroatoms. The molecule has 0 aliphatic rings. The standard InChI is InChI=1S/C9H16F4O3/c10-8(11,3-6-15)4-7-16-9(12,13)2-1-5-14/h14-15H,1-7H2. The highest BCUT2D eigenvalue weighted by Gasteiger charge is 2.33. The number of halogens is 4. The molecule has 0 aromatic carbocycles. The lowest BCUT2D eigenvalue weighted by Crippen LogP contribution is -2.26. The van der Waals surface area contributed by atoms with E-state index in [0.717, 1.165) is 0 Å². The largest absolute Gasteiger partial charge is 0.396 e. The minimum atomic E-state index is -3.49. The number of alkyl halides is 4. The fraction of sp³-hybridized carbons (Fsp3) is 1.00. The van der Waals surface area contributed by atoms with Crippen molar-refractivity contribution >= 4 is 0 Å². The van der Waals surface area contributed by atoms with Crippen molar-refractivity contribution in [2.24, 2.45) is 0 Å². The number of aliphatic hydroxyl groups is 2. The Balaban J connectivity index is 3.78. The van der Waals surface area contributed by atoms with E-state index < -0.39 is 51.1 Å². The maximum Gasteiger partial charge on any atom is 0.355 e. The van der Waals surface area contributed by atoms with Gasteiger partial charge in [0.1, 0.15) is 0 Å². The maximum atomic E-state index is 12.7. The van der Waals surface area contributed by atoms with Gasteiger partial charge in [-0.15, -0.1) is 0 Å². The van der Waals surface area contributed by atoms with E-state index in [9.17, 15) is 17.6 Å². The molecular weight excluding hydrogens is 232 g/mol. The minimum Gasteiger partial charge on any atom is -0.396 e. The Morgan fingerprint density at radius 1 is 0.875 bits per heavy atom. The number of rotatable bonds is 9. The number of hydrogen-bond donors (Lipinski definition) is 2. The maximum absolute atomic E-state index is 12.7. The molecule has 0 bridgehead atoms. The van der Waals surface area contributed by atoms with Crippen LogP contribution in [-0.4, -0.2) is 42.1 Å². The van der Waals surface area contributed by atoms with Crippen LogP contribution in [0.15, 0.2) is 0 Å². The van der Waals surface area contributed by atoms with Gasteiger partial charge in [0.2, 0.25) is 0 Å². The normalized spacial score (nSPS) is 13.1. The van der Waals surface area contributed by atoms with Crippen LogP contribution in [0, 0.1) is 0 Å². The van der Waals surface area contributed by atoms with Gasteiger partial charge in [0.25, 0.3) is 5.92 Å². The summed E-state index contributed by atoms with van der Waals surface area (Å²) in [5, 5.41) is 16.6. The van der Waals surface area contributed by atoms with Gasteiger partial charge < -0.3 is 14.9 Å². The van der Waals surface area contributed by atoms with Crippen molar-refractivity contribution in [2.45, 2.75) is 37.7 Å². The first-order chi connectivity index (χ1) is 7.33. The molecule has 16 heavy (non-hydrogen) atoms. The van der Waals surface area contributed by atoms with Crippen LogP contribution in [0.25, 0.3) is 0 Å². The van der Waals surface area contributed by atoms with Crippen molar-refractivity contribution < 1.29 is 32.5 Å². The third kappa shape index (κ3) is 7.84. The van der Waals surface area contributed by atoms with Gasteiger partial charge in [0.05, 0.1) is 6.61 Å². The highest BCUT2D eigenvalue weighted by molar-refractivity contribution is 4.65. The fourth-order valence-electron chi connectivity index (χ4n) is 0.995. The molecule has 0 fully saturated rings. The molecule has 2 N–H and O–H groups in total. The van der Waals surface area contributed by atoms with Crippen molar-refractivity contribution in [3.05, 3.63) is 0 Å². The second-order valence-corrected chi connectivity index (χ2v) is 3.39. The molecule has 0 radical (unpaired) electrons. The third-order valence-electron chi connectivity index (χ3n) is 1.88. The number of aliphatic hydroxyl groups excluding tert-OH is 2. The monoisotopic (exact) mass is 248 g/mol. The van der Waals surface area contributed by atoms with Gasteiger partial charge in [0.15, 0.2) is 0 Å². The Bertz CT molecular complexity index is 188. The van der Waals surface area contributed by atoms with E-state index in [1.54, 1.807) is 0 Å². The Kier molecular flexibility index (Phi) is 6.85. The van der Waals surface area contributed by atoms with Gasteiger partial charge in [-0.1, -0.05) is 0 Å². The molecule has 0 rings (SSSR count). The van der Waals surface area contributed by atoms with Crippen LogP contribution in [0.4, 0.5) is 17.6 Å². The Hall–Kier alpha value is -0.400. The molecule has 0 aliphatic carbocycles. The van der Waals surface area contributed by atoms with Crippen LogP contribution in [0.3, 0.4) is 0 Å². The van der Waals surface area contributed by atoms with Crippen molar-refractivity contribution in [3.8, 4) is 0 Å². The van der Waals surface area contributed by atoms with Gasteiger partial charge in [-0.3, -0.25) is 0 Å². The lowest BCUT2D eigenvalue weighted by molar-refractivity contribution is -0.249. The molecule has 0 saturated heterocycles. The molecule has 0 aromatic heterocycles. The molecule has 0 atom stereocenters. The number of ether oxygens (including phenoxy) is 1. The molecule has 0 aliphatic heterocycles. The number of hydrogen-bond acceptors (Lipinski definition) is 3. The average Bonchev–Trinajstić information content (AvgIpc) is 2.14. The molecule has 0 saturated carbocycles. The summed E-state index contributed by atoms with van der Waals surface area (Å²) < 4.78 is 54.9. The van der Waals surface area contributed by atoms with Crippen LogP contribution in [-0.2, 0) is 4.74 Å². The predicted molar refractivity (Wildman–Crippen MR) is 48.5 cm³/mol. The fourth-order valence-corrected chi connectivity index (χ4v) is 0.995. The minimum absolute atomic E-state index is 0.153. The molecule has 0 aromatic rings.